The number of amides is 1. The number of hydrogen-bond donors (Lipinski definition) is 0. The van der Waals surface area contributed by atoms with Gasteiger partial charge in [-0.1, -0.05) is 12.1 Å². The Balaban J connectivity index is 1.89. The largest absolute Gasteiger partial charge is 0.573 e. The number of halogens is 6. The van der Waals surface area contributed by atoms with Gasteiger partial charge in [-0.05, 0) is 24.6 Å². The van der Waals surface area contributed by atoms with Gasteiger partial charge in [0.15, 0.2) is 6.17 Å². The number of nitrogens with zero attached hydrogens (tertiary/aromatic N) is 1. The SMILES string of the molecule is CCOc1cc(F)cc(F)c1C1CC(F)C(=O)N1Cc1ccc(OC(F)(F)F)cc1. The van der Waals surface area contributed by atoms with Crippen LogP contribution in [0.4, 0.5) is 26.3 Å². The molecule has 1 aliphatic heterocycles. The number of rotatable bonds is 6. The minimum Gasteiger partial charge on any atom is -0.493 e. The van der Waals surface area contributed by atoms with Crippen LogP contribution in [0.1, 0.15) is 30.5 Å². The van der Waals surface area contributed by atoms with Gasteiger partial charge < -0.3 is 14.4 Å². The third-order valence-electron chi connectivity index (χ3n) is 4.56. The standard InChI is InChI=1S/C20H17F6NO3/c1-2-29-17-8-12(21)7-14(22)18(17)16-9-15(23)19(28)27(16)10-11-3-5-13(6-4-11)30-20(24,25)26/h3-8,15-16H,2,9-10H2,1H3. The third kappa shape index (κ3) is 4.80. The molecule has 2 atom stereocenters. The summed E-state index contributed by atoms with van der Waals surface area (Å²) in [4.78, 5) is 13.4. The maximum atomic E-state index is 14.6. The van der Waals surface area contributed by atoms with Gasteiger partial charge in [-0.25, -0.2) is 13.2 Å². The molecule has 2 aromatic carbocycles. The maximum absolute atomic E-state index is 14.6. The van der Waals surface area contributed by atoms with E-state index in [1.54, 1.807) is 6.92 Å². The molecular formula is C20H17F6NO3. The number of carbonyl (C=O) groups is 1. The summed E-state index contributed by atoms with van der Waals surface area (Å²) in [5, 5.41) is 0. The van der Waals surface area contributed by atoms with E-state index in [0.717, 1.165) is 23.1 Å². The quantitative estimate of drug-likeness (QED) is 0.597. The third-order valence-corrected chi connectivity index (χ3v) is 4.56. The number of likely N-dealkylation sites (tertiary alicyclic amines) is 1. The molecule has 1 amide bonds. The molecular weight excluding hydrogens is 416 g/mol. The van der Waals surface area contributed by atoms with Crippen molar-refractivity contribution in [3.8, 4) is 11.5 Å². The Morgan fingerprint density at radius 1 is 1.13 bits per heavy atom. The van der Waals surface area contributed by atoms with Crippen molar-refractivity contribution in [2.75, 3.05) is 6.61 Å². The predicted molar refractivity (Wildman–Crippen MR) is 93.5 cm³/mol. The summed E-state index contributed by atoms with van der Waals surface area (Å²) < 4.78 is 88.3. The highest BCUT2D eigenvalue weighted by Gasteiger charge is 2.43. The molecule has 0 saturated carbocycles. The van der Waals surface area contributed by atoms with Gasteiger partial charge in [0.1, 0.15) is 23.1 Å². The van der Waals surface area contributed by atoms with E-state index < -0.39 is 41.9 Å². The highest BCUT2D eigenvalue weighted by molar-refractivity contribution is 5.84. The van der Waals surface area contributed by atoms with Crippen LogP contribution in [0.3, 0.4) is 0 Å². The lowest BCUT2D eigenvalue weighted by Crippen LogP contribution is -2.30. The first kappa shape index (κ1) is 21.8. The number of carbonyl (C=O) groups excluding carboxylic acids is 1. The van der Waals surface area contributed by atoms with Crippen molar-refractivity contribution in [2.45, 2.75) is 38.5 Å². The number of alkyl halides is 4. The highest BCUT2D eigenvalue weighted by Crippen LogP contribution is 2.41. The first-order valence-electron chi connectivity index (χ1n) is 9.00. The molecule has 162 valence electrons. The lowest BCUT2D eigenvalue weighted by Gasteiger charge is -2.27. The molecule has 10 heteroatoms. The van der Waals surface area contributed by atoms with E-state index in [2.05, 4.69) is 4.74 Å². The molecule has 1 aliphatic rings. The van der Waals surface area contributed by atoms with E-state index in [1.165, 1.54) is 12.1 Å². The molecule has 1 fully saturated rings. The zero-order chi connectivity index (χ0) is 22.1. The van der Waals surface area contributed by atoms with Crippen molar-refractivity contribution >= 4 is 5.91 Å². The molecule has 0 N–H and O–H groups in total. The highest BCUT2D eigenvalue weighted by atomic mass is 19.4. The fraction of sp³-hybridized carbons (Fsp3) is 0.350. The summed E-state index contributed by atoms with van der Waals surface area (Å²) in [5.74, 6) is -3.36. The van der Waals surface area contributed by atoms with Crippen molar-refractivity contribution in [2.24, 2.45) is 0 Å². The zero-order valence-corrected chi connectivity index (χ0v) is 15.7. The zero-order valence-electron chi connectivity index (χ0n) is 15.7. The van der Waals surface area contributed by atoms with Crippen molar-refractivity contribution in [1.29, 1.82) is 0 Å². The van der Waals surface area contributed by atoms with E-state index in [4.69, 9.17) is 4.74 Å². The topological polar surface area (TPSA) is 38.8 Å². The fourth-order valence-electron chi connectivity index (χ4n) is 3.37. The molecule has 1 saturated heterocycles. The molecule has 2 unspecified atom stereocenters. The Labute approximate surface area is 168 Å². The molecule has 1 heterocycles. The second-order valence-corrected chi connectivity index (χ2v) is 6.61. The molecule has 3 rings (SSSR count). The van der Waals surface area contributed by atoms with Gasteiger partial charge in [-0.3, -0.25) is 4.79 Å². The van der Waals surface area contributed by atoms with Gasteiger partial charge in [-0.2, -0.15) is 0 Å². The Hall–Kier alpha value is -2.91. The van der Waals surface area contributed by atoms with E-state index in [0.29, 0.717) is 11.6 Å². The van der Waals surface area contributed by atoms with E-state index in [9.17, 15) is 31.1 Å². The lowest BCUT2D eigenvalue weighted by atomic mass is 10.0. The summed E-state index contributed by atoms with van der Waals surface area (Å²) in [6.07, 6.45) is -7.12. The van der Waals surface area contributed by atoms with Gasteiger partial charge in [0, 0.05) is 25.1 Å². The van der Waals surface area contributed by atoms with Crippen molar-refractivity contribution in [1.82, 2.24) is 4.90 Å². The Kier molecular flexibility index (Phi) is 6.14. The van der Waals surface area contributed by atoms with Crippen molar-refractivity contribution in [3.05, 3.63) is 59.2 Å². The molecule has 0 aromatic heterocycles. The monoisotopic (exact) mass is 433 g/mol. The summed E-state index contributed by atoms with van der Waals surface area (Å²) in [6.45, 7) is 1.50. The minimum absolute atomic E-state index is 0.0935. The van der Waals surface area contributed by atoms with Crippen LogP contribution in [0, 0.1) is 11.6 Å². The second kappa shape index (κ2) is 8.45. The average molecular weight is 433 g/mol. The van der Waals surface area contributed by atoms with Gasteiger partial charge >= 0.3 is 6.36 Å². The molecule has 2 aromatic rings. The van der Waals surface area contributed by atoms with Crippen LogP contribution in [-0.2, 0) is 11.3 Å². The number of hydrogen-bond acceptors (Lipinski definition) is 3. The summed E-state index contributed by atoms with van der Waals surface area (Å²) in [5.41, 5.74) is 0.223. The van der Waals surface area contributed by atoms with Crippen LogP contribution in [-0.4, -0.2) is 29.9 Å². The van der Waals surface area contributed by atoms with Gasteiger partial charge in [-0.15, -0.1) is 13.2 Å². The molecule has 0 bridgehead atoms. The summed E-state index contributed by atoms with van der Waals surface area (Å²) in [7, 11) is 0. The average Bonchev–Trinajstić information content (AvgIpc) is 2.90. The fourth-order valence-corrected chi connectivity index (χ4v) is 3.37. The van der Waals surface area contributed by atoms with E-state index in [1.807, 2.05) is 0 Å². The van der Waals surface area contributed by atoms with Crippen LogP contribution < -0.4 is 9.47 Å². The molecule has 4 nitrogen and oxygen atoms in total. The first-order chi connectivity index (χ1) is 14.1. The summed E-state index contributed by atoms with van der Waals surface area (Å²) >= 11 is 0. The Morgan fingerprint density at radius 2 is 1.80 bits per heavy atom. The van der Waals surface area contributed by atoms with Crippen molar-refractivity contribution in [3.63, 3.8) is 0 Å². The molecule has 0 radical (unpaired) electrons. The Morgan fingerprint density at radius 3 is 2.40 bits per heavy atom. The minimum atomic E-state index is -4.85. The van der Waals surface area contributed by atoms with Crippen LogP contribution in [0.2, 0.25) is 0 Å². The van der Waals surface area contributed by atoms with E-state index in [-0.39, 0.29) is 30.9 Å². The van der Waals surface area contributed by atoms with Gasteiger partial charge in [0.05, 0.1) is 18.2 Å². The smallest absolute Gasteiger partial charge is 0.493 e. The Bertz CT molecular complexity index is 916. The summed E-state index contributed by atoms with van der Waals surface area (Å²) in [6, 6.07) is 5.17. The van der Waals surface area contributed by atoms with Crippen LogP contribution in [0.15, 0.2) is 36.4 Å². The van der Waals surface area contributed by atoms with E-state index >= 15 is 0 Å². The van der Waals surface area contributed by atoms with Gasteiger partial charge in [0.2, 0.25) is 0 Å². The van der Waals surface area contributed by atoms with Gasteiger partial charge in [0.25, 0.3) is 5.91 Å². The molecule has 0 aliphatic carbocycles. The maximum Gasteiger partial charge on any atom is 0.573 e. The normalized spacial score (nSPS) is 19.3. The van der Waals surface area contributed by atoms with Crippen LogP contribution in [0.25, 0.3) is 0 Å². The molecule has 30 heavy (non-hydrogen) atoms. The van der Waals surface area contributed by atoms with Crippen molar-refractivity contribution < 1.29 is 40.6 Å². The molecule has 0 spiro atoms. The van der Waals surface area contributed by atoms with Crippen LogP contribution >= 0.6 is 0 Å². The predicted octanol–water partition coefficient (Wildman–Crippen LogP) is 5.07. The second-order valence-electron chi connectivity index (χ2n) is 6.61. The first-order valence-corrected chi connectivity index (χ1v) is 9.00. The number of benzene rings is 2. The number of ether oxygens (including phenoxy) is 2. The van der Waals surface area contributed by atoms with Crippen LogP contribution in [0.5, 0.6) is 11.5 Å². The lowest BCUT2D eigenvalue weighted by molar-refractivity contribution is -0.274.